The molecule has 8 heteroatoms. The van der Waals surface area contributed by atoms with Gasteiger partial charge in [0.2, 0.25) is 11.8 Å². The number of nitrogens with zero attached hydrogens (tertiary/aromatic N) is 5. The van der Waals surface area contributed by atoms with Crippen molar-refractivity contribution < 1.29 is 8.81 Å². The van der Waals surface area contributed by atoms with Crippen LogP contribution in [0.1, 0.15) is 23.2 Å². The van der Waals surface area contributed by atoms with E-state index in [-0.39, 0.29) is 11.9 Å². The van der Waals surface area contributed by atoms with Gasteiger partial charge in [-0.3, -0.25) is 4.90 Å². The molecule has 0 radical (unpaired) electrons. The molecule has 1 saturated heterocycles. The van der Waals surface area contributed by atoms with Gasteiger partial charge in [-0.1, -0.05) is 30.3 Å². The molecule has 0 saturated carbocycles. The third-order valence-electron chi connectivity index (χ3n) is 5.82. The van der Waals surface area contributed by atoms with Gasteiger partial charge >= 0.3 is 0 Å². The number of aromatic nitrogens is 3. The number of nitrogens with one attached hydrogen (secondary N) is 1. The minimum Gasteiger partial charge on any atom is -0.447 e. The summed E-state index contributed by atoms with van der Waals surface area (Å²) >= 11 is 0. The molecule has 4 aromatic rings. The predicted molar refractivity (Wildman–Crippen MR) is 125 cm³/mol. The Labute approximate surface area is 191 Å². The maximum atomic E-state index is 15.0. The van der Waals surface area contributed by atoms with Gasteiger partial charge in [0.25, 0.3) is 0 Å². The van der Waals surface area contributed by atoms with Crippen LogP contribution in [0.25, 0.3) is 0 Å². The van der Waals surface area contributed by atoms with E-state index in [9.17, 15) is 4.39 Å². The molecule has 33 heavy (non-hydrogen) atoms. The molecule has 5 rings (SSSR count). The number of oxazole rings is 1. The van der Waals surface area contributed by atoms with E-state index in [4.69, 9.17) is 4.42 Å². The fraction of sp³-hybridized carbons (Fsp3) is 0.240. The van der Waals surface area contributed by atoms with Gasteiger partial charge in [-0.25, -0.2) is 19.3 Å². The van der Waals surface area contributed by atoms with Crippen LogP contribution in [0.2, 0.25) is 0 Å². The van der Waals surface area contributed by atoms with Gasteiger partial charge in [-0.2, -0.15) is 0 Å². The summed E-state index contributed by atoms with van der Waals surface area (Å²) in [7, 11) is 0. The fourth-order valence-corrected chi connectivity index (χ4v) is 4.21. The van der Waals surface area contributed by atoms with E-state index in [0.29, 0.717) is 36.3 Å². The molecule has 1 atom stereocenters. The Morgan fingerprint density at radius 1 is 0.970 bits per heavy atom. The van der Waals surface area contributed by atoms with Crippen LogP contribution in [0, 0.1) is 12.7 Å². The van der Waals surface area contributed by atoms with Crippen LogP contribution in [0.4, 0.5) is 21.7 Å². The van der Waals surface area contributed by atoms with Crippen molar-refractivity contribution in [3.63, 3.8) is 0 Å². The van der Waals surface area contributed by atoms with E-state index in [0.717, 1.165) is 24.3 Å². The van der Waals surface area contributed by atoms with Gasteiger partial charge in [0, 0.05) is 43.8 Å². The average Bonchev–Trinajstić information content (AvgIpc) is 3.35. The second-order valence-corrected chi connectivity index (χ2v) is 8.02. The van der Waals surface area contributed by atoms with Crippen molar-refractivity contribution >= 4 is 17.3 Å². The smallest absolute Gasteiger partial charge is 0.227 e. The lowest BCUT2D eigenvalue weighted by atomic mass is 10.0. The molecule has 1 N–H and O–H groups in total. The lowest BCUT2D eigenvalue weighted by molar-refractivity contribution is 0.187. The van der Waals surface area contributed by atoms with Crippen LogP contribution < -0.4 is 10.2 Å². The summed E-state index contributed by atoms with van der Waals surface area (Å²) in [5.41, 5.74) is 3.20. The van der Waals surface area contributed by atoms with Crippen molar-refractivity contribution in [1.82, 2.24) is 19.9 Å². The Bertz CT molecular complexity index is 1190. The van der Waals surface area contributed by atoms with Gasteiger partial charge in [0.15, 0.2) is 0 Å². The molecular weight excluding hydrogens is 419 g/mol. The molecule has 3 heterocycles. The SMILES string of the molecule is Cc1ccnc(Nc2ccc(N3CCN(C(c4ccccc4)c4ncco4)CC3)c(F)c2)n1. The lowest BCUT2D eigenvalue weighted by Gasteiger charge is -2.39. The summed E-state index contributed by atoms with van der Waals surface area (Å²) in [4.78, 5) is 17.3. The van der Waals surface area contributed by atoms with Crippen LogP contribution in [0.3, 0.4) is 0 Å². The number of rotatable bonds is 6. The molecule has 2 aromatic carbocycles. The van der Waals surface area contributed by atoms with E-state index < -0.39 is 0 Å². The Balaban J connectivity index is 1.28. The van der Waals surface area contributed by atoms with Crippen molar-refractivity contribution in [3.8, 4) is 0 Å². The standard InChI is InChI=1S/C25H25FN6O/c1-18-9-10-28-25(29-18)30-20-7-8-22(21(26)17-20)31-12-14-32(15-13-31)23(24-27-11-16-33-24)19-5-3-2-4-6-19/h2-11,16-17,23H,12-15H2,1H3,(H,28,29,30). The summed E-state index contributed by atoms with van der Waals surface area (Å²) in [6.45, 7) is 4.82. The normalized spacial score (nSPS) is 15.4. The van der Waals surface area contributed by atoms with Crippen molar-refractivity contribution in [2.45, 2.75) is 13.0 Å². The number of hydrogen-bond donors (Lipinski definition) is 1. The average molecular weight is 445 g/mol. The molecular formula is C25H25FN6O. The van der Waals surface area contributed by atoms with Crippen LogP contribution in [0.15, 0.2) is 77.7 Å². The number of anilines is 3. The minimum atomic E-state index is -0.270. The zero-order valence-electron chi connectivity index (χ0n) is 18.4. The second kappa shape index (κ2) is 9.38. The first-order valence-corrected chi connectivity index (χ1v) is 11.0. The largest absolute Gasteiger partial charge is 0.447 e. The molecule has 0 bridgehead atoms. The third kappa shape index (κ3) is 4.70. The summed E-state index contributed by atoms with van der Waals surface area (Å²) in [6, 6.07) is 17.1. The maximum Gasteiger partial charge on any atom is 0.227 e. The maximum absolute atomic E-state index is 15.0. The number of halogens is 1. The zero-order chi connectivity index (χ0) is 22.6. The first-order chi connectivity index (χ1) is 16.2. The minimum absolute atomic E-state index is 0.0610. The van der Waals surface area contributed by atoms with E-state index in [2.05, 4.69) is 42.2 Å². The van der Waals surface area contributed by atoms with Crippen molar-refractivity contribution in [2.24, 2.45) is 0 Å². The molecule has 0 spiro atoms. The van der Waals surface area contributed by atoms with Crippen LogP contribution >= 0.6 is 0 Å². The predicted octanol–water partition coefficient (Wildman–Crippen LogP) is 4.57. The number of piperazine rings is 1. The molecule has 168 valence electrons. The highest BCUT2D eigenvalue weighted by Crippen LogP contribution is 2.31. The van der Waals surface area contributed by atoms with Gasteiger partial charge in [-0.05, 0) is 36.8 Å². The first-order valence-electron chi connectivity index (χ1n) is 11.0. The molecule has 1 unspecified atom stereocenters. The quantitative estimate of drug-likeness (QED) is 0.467. The third-order valence-corrected chi connectivity index (χ3v) is 5.82. The van der Waals surface area contributed by atoms with Gasteiger partial charge in [-0.15, -0.1) is 0 Å². The van der Waals surface area contributed by atoms with Crippen molar-refractivity contribution in [1.29, 1.82) is 0 Å². The van der Waals surface area contributed by atoms with Crippen LogP contribution in [0.5, 0.6) is 0 Å². The van der Waals surface area contributed by atoms with Gasteiger partial charge in [0.1, 0.15) is 18.1 Å². The molecule has 0 aliphatic carbocycles. The fourth-order valence-electron chi connectivity index (χ4n) is 4.21. The van der Waals surface area contributed by atoms with E-state index in [1.807, 2.05) is 43.3 Å². The highest BCUT2D eigenvalue weighted by molar-refractivity contribution is 5.60. The summed E-state index contributed by atoms with van der Waals surface area (Å²) in [6.07, 6.45) is 4.96. The van der Waals surface area contributed by atoms with Crippen molar-refractivity contribution in [2.75, 3.05) is 36.4 Å². The van der Waals surface area contributed by atoms with Crippen molar-refractivity contribution in [3.05, 3.63) is 96.2 Å². The summed E-state index contributed by atoms with van der Waals surface area (Å²) < 4.78 is 20.7. The van der Waals surface area contributed by atoms with Gasteiger partial charge in [0.05, 0.1) is 11.9 Å². The highest BCUT2D eigenvalue weighted by atomic mass is 19.1. The molecule has 1 fully saturated rings. The molecule has 1 aliphatic rings. The summed E-state index contributed by atoms with van der Waals surface area (Å²) in [5.74, 6) is 0.859. The number of hydrogen-bond acceptors (Lipinski definition) is 7. The topological polar surface area (TPSA) is 70.3 Å². The Morgan fingerprint density at radius 2 is 1.79 bits per heavy atom. The summed E-state index contributed by atoms with van der Waals surface area (Å²) in [5, 5.41) is 3.07. The highest BCUT2D eigenvalue weighted by Gasteiger charge is 2.30. The van der Waals surface area contributed by atoms with E-state index in [1.54, 1.807) is 18.7 Å². The first kappa shape index (κ1) is 21.1. The lowest BCUT2D eigenvalue weighted by Crippen LogP contribution is -2.48. The zero-order valence-corrected chi connectivity index (χ0v) is 18.4. The second-order valence-electron chi connectivity index (χ2n) is 8.02. The number of benzene rings is 2. The van der Waals surface area contributed by atoms with Crippen LogP contribution in [-0.2, 0) is 0 Å². The Kier molecular flexibility index (Phi) is 5.99. The molecule has 1 aliphatic heterocycles. The molecule has 7 nitrogen and oxygen atoms in total. The molecule has 0 amide bonds. The Hall–Kier alpha value is -3.78. The van der Waals surface area contributed by atoms with Gasteiger partial charge < -0.3 is 14.6 Å². The van der Waals surface area contributed by atoms with Crippen LogP contribution in [-0.4, -0.2) is 46.0 Å². The van der Waals surface area contributed by atoms with E-state index >= 15 is 0 Å². The number of aryl methyl sites for hydroxylation is 1. The van der Waals surface area contributed by atoms with E-state index in [1.165, 1.54) is 6.07 Å². The monoisotopic (exact) mass is 444 g/mol. The molecule has 2 aromatic heterocycles. The Morgan fingerprint density at radius 3 is 2.48 bits per heavy atom.